The van der Waals surface area contributed by atoms with Gasteiger partial charge in [-0.2, -0.15) is 0 Å². The average Bonchev–Trinajstić information content (AvgIpc) is 2.27. The van der Waals surface area contributed by atoms with Gasteiger partial charge in [-0.05, 0) is 25.5 Å². The molecule has 0 aromatic heterocycles. The Morgan fingerprint density at radius 2 is 2.06 bits per heavy atom. The van der Waals surface area contributed by atoms with E-state index in [0.29, 0.717) is 5.56 Å². The molecule has 0 bridgehead atoms. The number of hydrogen-bond acceptors (Lipinski definition) is 4. The molecule has 0 aliphatic rings. The van der Waals surface area contributed by atoms with Gasteiger partial charge < -0.3 is 9.84 Å². The summed E-state index contributed by atoms with van der Waals surface area (Å²) < 4.78 is 4.85. The predicted octanol–water partition coefficient (Wildman–Crippen LogP) is 1.97. The monoisotopic (exact) mass is 239 g/mol. The van der Waals surface area contributed by atoms with Crippen molar-refractivity contribution in [3.8, 4) is 5.75 Å². The van der Waals surface area contributed by atoms with Crippen LogP contribution in [0, 0.1) is 10.1 Å². The van der Waals surface area contributed by atoms with Crippen LogP contribution in [0.5, 0.6) is 5.75 Å². The number of benzene rings is 1. The zero-order chi connectivity index (χ0) is 13.2. The Kier molecular flexibility index (Phi) is 3.36. The molecule has 0 heterocycles. The molecule has 1 rings (SSSR count). The molecule has 1 aromatic rings. The van der Waals surface area contributed by atoms with E-state index in [1.165, 1.54) is 39.2 Å². The summed E-state index contributed by atoms with van der Waals surface area (Å²) >= 11 is 0. The summed E-state index contributed by atoms with van der Waals surface area (Å²) in [5.74, 6) is -0.933. The first-order chi connectivity index (χ1) is 7.80. The maximum absolute atomic E-state index is 11.1. The van der Waals surface area contributed by atoms with E-state index in [9.17, 15) is 14.9 Å². The molecule has 0 saturated heterocycles. The predicted molar refractivity (Wildman–Crippen MR) is 60.3 cm³/mol. The first-order valence-corrected chi connectivity index (χ1v) is 4.87. The summed E-state index contributed by atoms with van der Waals surface area (Å²) in [6.45, 7) is 2.97. The Balaban J connectivity index is 3.35. The summed E-state index contributed by atoms with van der Waals surface area (Å²) in [5, 5.41) is 19.9. The van der Waals surface area contributed by atoms with E-state index in [2.05, 4.69) is 0 Å². The van der Waals surface area contributed by atoms with Gasteiger partial charge in [0.05, 0.1) is 17.4 Å². The van der Waals surface area contributed by atoms with Crippen LogP contribution in [0.25, 0.3) is 0 Å². The number of carbonyl (C=O) groups is 1. The lowest BCUT2D eigenvalue weighted by atomic mass is 9.84. The molecule has 0 radical (unpaired) electrons. The van der Waals surface area contributed by atoms with Crippen molar-refractivity contribution < 1.29 is 19.6 Å². The second-order valence-electron chi connectivity index (χ2n) is 4.07. The van der Waals surface area contributed by atoms with E-state index in [1.807, 2.05) is 0 Å². The summed E-state index contributed by atoms with van der Waals surface area (Å²) in [6, 6.07) is 4.14. The fourth-order valence-electron chi connectivity index (χ4n) is 1.34. The highest BCUT2D eigenvalue weighted by Crippen LogP contribution is 2.33. The van der Waals surface area contributed by atoms with Gasteiger partial charge in [-0.15, -0.1) is 0 Å². The molecular weight excluding hydrogens is 226 g/mol. The van der Waals surface area contributed by atoms with Gasteiger partial charge in [-0.3, -0.25) is 14.9 Å². The van der Waals surface area contributed by atoms with Gasteiger partial charge in [-0.1, -0.05) is 6.07 Å². The second-order valence-corrected chi connectivity index (χ2v) is 4.07. The molecule has 1 aromatic carbocycles. The van der Waals surface area contributed by atoms with Crippen molar-refractivity contribution in [3.05, 3.63) is 33.9 Å². The largest absolute Gasteiger partial charge is 0.490 e. The molecule has 6 nitrogen and oxygen atoms in total. The topological polar surface area (TPSA) is 89.7 Å². The molecule has 0 atom stereocenters. The fraction of sp³-hybridized carbons (Fsp3) is 0.364. The molecule has 92 valence electrons. The summed E-state index contributed by atoms with van der Waals surface area (Å²) in [6.07, 6.45) is 0. The molecule has 17 heavy (non-hydrogen) atoms. The number of carboxylic acids is 1. The van der Waals surface area contributed by atoms with E-state index >= 15 is 0 Å². The molecule has 0 unspecified atom stereocenters. The fourth-order valence-corrected chi connectivity index (χ4v) is 1.34. The number of rotatable bonds is 4. The maximum atomic E-state index is 11.1. The van der Waals surface area contributed by atoms with Gasteiger partial charge in [0.15, 0.2) is 5.75 Å². The van der Waals surface area contributed by atoms with Gasteiger partial charge in [0, 0.05) is 6.07 Å². The van der Waals surface area contributed by atoms with E-state index in [4.69, 9.17) is 9.84 Å². The smallest absolute Gasteiger partial charge is 0.313 e. The molecule has 6 heteroatoms. The number of hydrogen-bond donors (Lipinski definition) is 1. The van der Waals surface area contributed by atoms with E-state index in [-0.39, 0.29) is 11.4 Å². The minimum absolute atomic E-state index is 0.111. The number of ether oxygens (including phenoxy) is 1. The Hall–Kier alpha value is -2.11. The number of nitro benzene ring substituents is 1. The summed E-state index contributed by atoms with van der Waals surface area (Å²) in [7, 11) is 1.32. The van der Waals surface area contributed by atoms with E-state index in [0.717, 1.165) is 0 Å². The van der Waals surface area contributed by atoms with Gasteiger partial charge in [0.25, 0.3) is 0 Å². The molecule has 0 amide bonds. The summed E-state index contributed by atoms with van der Waals surface area (Å²) in [5.41, 5.74) is -1.06. The van der Waals surface area contributed by atoms with Crippen LogP contribution in [0.2, 0.25) is 0 Å². The molecule has 0 spiro atoms. The quantitative estimate of drug-likeness (QED) is 0.640. The van der Waals surface area contributed by atoms with Gasteiger partial charge in [0.2, 0.25) is 0 Å². The highest BCUT2D eigenvalue weighted by molar-refractivity contribution is 5.80. The molecule has 0 aliphatic carbocycles. The van der Waals surface area contributed by atoms with Crippen LogP contribution in [-0.2, 0) is 10.2 Å². The lowest BCUT2D eigenvalue weighted by Gasteiger charge is -2.19. The molecule has 0 aliphatic heterocycles. The van der Waals surface area contributed by atoms with Crippen molar-refractivity contribution in [1.82, 2.24) is 0 Å². The number of nitro groups is 1. The molecule has 0 fully saturated rings. The zero-order valence-electron chi connectivity index (χ0n) is 9.76. The normalized spacial score (nSPS) is 11.0. The Morgan fingerprint density at radius 3 is 2.47 bits per heavy atom. The van der Waals surface area contributed by atoms with Crippen molar-refractivity contribution in [2.24, 2.45) is 0 Å². The lowest BCUT2D eigenvalue weighted by Crippen LogP contribution is -2.28. The first kappa shape index (κ1) is 13.0. The van der Waals surface area contributed by atoms with Gasteiger partial charge in [0.1, 0.15) is 0 Å². The third kappa shape index (κ3) is 2.35. The Morgan fingerprint density at radius 1 is 1.47 bits per heavy atom. The number of methoxy groups -OCH3 is 1. The molecule has 1 N–H and O–H groups in total. The van der Waals surface area contributed by atoms with Gasteiger partial charge >= 0.3 is 11.7 Å². The third-order valence-electron chi connectivity index (χ3n) is 2.63. The minimum atomic E-state index is -1.18. The highest BCUT2D eigenvalue weighted by atomic mass is 16.6. The van der Waals surface area contributed by atoms with Crippen LogP contribution in [0.4, 0.5) is 5.69 Å². The van der Waals surface area contributed by atoms with E-state index in [1.54, 1.807) is 0 Å². The number of aliphatic carboxylic acids is 1. The van der Waals surface area contributed by atoms with Crippen LogP contribution < -0.4 is 4.74 Å². The van der Waals surface area contributed by atoms with Gasteiger partial charge in [-0.25, -0.2) is 0 Å². The van der Waals surface area contributed by atoms with Crippen molar-refractivity contribution in [2.45, 2.75) is 19.3 Å². The minimum Gasteiger partial charge on any atom is -0.490 e. The van der Waals surface area contributed by atoms with Crippen LogP contribution in [-0.4, -0.2) is 23.1 Å². The average molecular weight is 239 g/mol. The highest BCUT2D eigenvalue weighted by Gasteiger charge is 2.31. The van der Waals surface area contributed by atoms with Crippen LogP contribution in [0.15, 0.2) is 18.2 Å². The number of carboxylic acid groups (broad SMARTS) is 1. The van der Waals surface area contributed by atoms with Crippen molar-refractivity contribution in [2.75, 3.05) is 7.11 Å². The van der Waals surface area contributed by atoms with Crippen molar-refractivity contribution >= 4 is 11.7 Å². The van der Waals surface area contributed by atoms with Crippen LogP contribution >= 0.6 is 0 Å². The number of nitrogens with zero attached hydrogens (tertiary/aromatic N) is 1. The van der Waals surface area contributed by atoms with Crippen molar-refractivity contribution in [1.29, 1.82) is 0 Å². The second kappa shape index (κ2) is 4.40. The maximum Gasteiger partial charge on any atom is 0.313 e. The first-order valence-electron chi connectivity index (χ1n) is 4.87. The Labute approximate surface area is 98.0 Å². The van der Waals surface area contributed by atoms with Crippen LogP contribution in [0.3, 0.4) is 0 Å². The molecular formula is C11H13NO5. The van der Waals surface area contributed by atoms with E-state index < -0.39 is 16.3 Å². The Bertz CT molecular complexity index is 467. The van der Waals surface area contributed by atoms with Crippen molar-refractivity contribution in [3.63, 3.8) is 0 Å². The summed E-state index contributed by atoms with van der Waals surface area (Å²) in [4.78, 5) is 21.3. The lowest BCUT2D eigenvalue weighted by molar-refractivity contribution is -0.385. The molecule has 0 saturated carbocycles. The SMILES string of the molecule is COc1ccc(C(C)(C)C(=O)O)cc1[N+](=O)[O-]. The standard InChI is InChI=1S/C11H13NO5/c1-11(2,10(13)14)7-4-5-9(17-3)8(6-7)12(15)16/h4-6H,1-3H3,(H,13,14). The van der Waals surface area contributed by atoms with Crippen LogP contribution in [0.1, 0.15) is 19.4 Å². The third-order valence-corrected chi connectivity index (χ3v) is 2.63. The zero-order valence-corrected chi connectivity index (χ0v) is 9.76.